The number of benzene rings is 2. The van der Waals surface area contributed by atoms with Gasteiger partial charge in [0.2, 0.25) is 15.9 Å². The summed E-state index contributed by atoms with van der Waals surface area (Å²) in [4.78, 5) is 17.2. The van der Waals surface area contributed by atoms with E-state index in [2.05, 4.69) is 4.90 Å². The summed E-state index contributed by atoms with van der Waals surface area (Å²) in [6, 6.07) is 11.8. The lowest BCUT2D eigenvalue weighted by Crippen LogP contribution is -2.55. The molecule has 1 atom stereocenters. The van der Waals surface area contributed by atoms with Gasteiger partial charge in [0.25, 0.3) is 0 Å². The van der Waals surface area contributed by atoms with Crippen LogP contribution in [-0.2, 0) is 14.8 Å². The Hall–Kier alpha value is -3.14. The largest absolute Gasteiger partial charge is 0.497 e. The molecule has 1 saturated heterocycles. The Morgan fingerprint density at radius 1 is 1.00 bits per heavy atom. The monoisotopic (exact) mass is 475 g/mol. The first-order chi connectivity index (χ1) is 15.8. The van der Waals surface area contributed by atoms with Gasteiger partial charge in [0.05, 0.1) is 19.1 Å². The molecule has 0 radical (unpaired) electrons. The van der Waals surface area contributed by atoms with Crippen LogP contribution in [0.4, 0.5) is 11.4 Å². The van der Waals surface area contributed by atoms with Crippen molar-refractivity contribution in [2.45, 2.75) is 13.0 Å². The van der Waals surface area contributed by atoms with Crippen LogP contribution in [0.25, 0.3) is 0 Å². The molecule has 2 aliphatic heterocycles. The van der Waals surface area contributed by atoms with Crippen LogP contribution in [0.15, 0.2) is 42.5 Å². The minimum absolute atomic E-state index is 0.232. The summed E-state index contributed by atoms with van der Waals surface area (Å²) in [6.07, 6.45) is 1.11. The van der Waals surface area contributed by atoms with Crippen LogP contribution < -0.4 is 23.4 Å². The molecule has 9 nitrogen and oxygen atoms in total. The first-order valence-corrected chi connectivity index (χ1v) is 12.7. The number of amides is 1. The highest BCUT2D eigenvalue weighted by molar-refractivity contribution is 7.92. The van der Waals surface area contributed by atoms with Gasteiger partial charge in [-0.15, -0.1) is 0 Å². The lowest BCUT2D eigenvalue weighted by atomic mass is 10.2. The van der Waals surface area contributed by atoms with Gasteiger partial charge in [0, 0.05) is 37.9 Å². The SMILES string of the molecule is COc1ccc(N2CCN(C(=O)[C@@H](C)N(c3ccc4c(c3)OCCO4)S(C)(=O)=O)CC2)cc1. The molecule has 0 spiro atoms. The van der Waals surface area contributed by atoms with Gasteiger partial charge in [0.1, 0.15) is 25.0 Å². The minimum atomic E-state index is -3.72. The topological polar surface area (TPSA) is 88.6 Å². The molecule has 2 aromatic carbocycles. The number of piperazine rings is 1. The third-order valence-corrected chi connectivity index (χ3v) is 7.12. The van der Waals surface area contributed by atoms with Crippen molar-refractivity contribution >= 4 is 27.3 Å². The maximum Gasteiger partial charge on any atom is 0.246 e. The van der Waals surface area contributed by atoms with Crippen LogP contribution in [0.5, 0.6) is 17.2 Å². The summed E-state index contributed by atoms with van der Waals surface area (Å²) >= 11 is 0. The number of carbonyl (C=O) groups excluding carboxylic acids is 1. The van der Waals surface area contributed by atoms with E-state index in [1.165, 1.54) is 0 Å². The van der Waals surface area contributed by atoms with Gasteiger partial charge in [-0.3, -0.25) is 9.10 Å². The Bertz CT molecular complexity index is 1100. The fourth-order valence-electron chi connectivity index (χ4n) is 4.21. The second-order valence-corrected chi connectivity index (χ2v) is 9.93. The molecule has 4 rings (SSSR count). The summed E-state index contributed by atoms with van der Waals surface area (Å²) < 4.78 is 42.9. The van der Waals surface area contributed by atoms with Gasteiger partial charge in [-0.25, -0.2) is 8.42 Å². The van der Waals surface area contributed by atoms with E-state index in [0.717, 1.165) is 22.0 Å². The number of nitrogens with zero attached hydrogens (tertiary/aromatic N) is 3. The number of hydrogen-bond acceptors (Lipinski definition) is 7. The van der Waals surface area contributed by atoms with Crippen molar-refractivity contribution in [1.82, 2.24) is 4.90 Å². The molecule has 2 heterocycles. The number of sulfonamides is 1. The van der Waals surface area contributed by atoms with Crippen molar-refractivity contribution < 1.29 is 27.4 Å². The summed E-state index contributed by atoms with van der Waals surface area (Å²) in [5.41, 5.74) is 1.43. The molecule has 10 heteroatoms. The summed E-state index contributed by atoms with van der Waals surface area (Å²) in [7, 11) is -2.09. The van der Waals surface area contributed by atoms with Crippen molar-refractivity contribution in [3.05, 3.63) is 42.5 Å². The molecule has 0 unspecified atom stereocenters. The Balaban J connectivity index is 1.47. The first-order valence-electron chi connectivity index (χ1n) is 10.8. The van der Waals surface area contributed by atoms with Crippen LogP contribution in [0.1, 0.15) is 6.92 Å². The van der Waals surface area contributed by atoms with Gasteiger partial charge in [-0.1, -0.05) is 0 Å². The van der Waals surface area contributed by atoms with Crippen molar-refractivity contribution in [3.63, 3.8) is 0 Å². The Morgan fingerprint density at radius 2 is 1.64 bits per heavy atom. The van der Waals surface area contributed by atoms with Gasteiger partial charge < -0.3 is 24.0 Å². The molecule has 1 fully saturated rings. The maximum absolute atomic E-state index is 13.3. The molecule has 2 aromatic rings. The quantitative estimate of drug-likeness (QED) is 0.631. The number of carbonyl (C=O) groups is 1. The zero-order valence-corrected chi connectivity index (χ0v) is 19.9. The van der Waals surface area contributed by atoms with Crippen molar-refractivity contribution in [3.8, 4) is 17.2 Å². The highest BCUT2D eigenvalue weighted by Gasteiger charge is 2.34. The first kappa shape index (κ1) is 23.0. The van der Waals surface area contributed by atoms with Gasteiger partial charge >= 0.3 is 0 Å². The standard InChI is InChI=1S/C23H29N3O6S/c1-17(26(33(3,28)29)19-6-9-21-22(16-19)32-15-14-31-21)23(27)25-12-10-24(11-13-25)18-4-7-20(30-2)8-5-18/h4-9,16-17H,10-15H2,1-3H3/t17-/m1/s1. The van der Waals surface area contributed by atoms with E-state index in [4.69, 9.17) is 14.2 Å². The fourth-order valence-corrected chi connectivity index (χ4v) is 5.38. The molecular formula is C23H29N3O6S. The van der Waals surface area contributed by atoms with E-state index in [-0.39, 0.29) is 5.91 Å². The number of fused-ring (bicyclic) bond motifs is 1. The van der Waals surface area contributed by atoms with E-state index in [0.29, 0.717) is 56.6 Å². The van der Waals surface area contributed by atoms with Gasteiger partial charge in [0.15, 0.2) is 11.5 Å². The molecule has 1 amide bonds. The summed E-state index contributed by atoms with van der Waals surface area (Å²) in [5.74, 6) is 1.60. The van der Waals surface area contributed by atoms with Gasteiger partial charge in [-0.05, 0) is 43.3 Å². The fraction of sp³-hybridized carbons (Fsp3) is 0.435. The highest BCUT2D eigenvalue weighted by atomic mass is 32.2. The molecule has 0 saturated carbocycles. The number of methoxy groups -OCH3 is 1. The van der Waals surface area contributed by atoms with Crippen LogP contribution in [0.3, 0.4) is 0 Å². The highest BCUT2D eigenvalue weighted by Crippen LogP contribution is 2.35. The van der Waals surface area contributed by atoms with Crippen molar-refractivity contribution in [2.75, 3.05) is 62.0 Å². The summed E-state index contributed by atoms with van der Waals surface area (Å²) in [6.45, 7) is 4.79. The van der Waals surface area contributed by atoms with Crippen LogP contribution in [0.2, 0.25) is 0 Å². The number of hydrogen-bond donors (Lipinski definition) is 0. The lowest BCUT2D eigenvalue weighted by Gasteiger charge is -2.39. The van der Waals surface area contributed by atoms with Crippen LogP contribution >= 0.6 is 0 Å². The Kier molecular flexibility index (Phi) is 6.55. The molecule has 0 aliphatic carbocycles. The van der Waals surface area contributed by atoms with E-state index in [1.807, 2.05) is 24.3 Å². The molecule has 0 bridgehead atoms. The number of anilines is 2. The molecule has 178 valence electrons. The molecule has 0 aromatic heterocycles. The van der Waals surface area contributed by atoms with E-state index in [1.54, 1.807) is 37.1 Å². The second-order valence-electron chi connectivity index (χ2n) is 8.07. The van der Waals surface area contributed by atoms with E-state index < -0.39 is 16.1 Å². The van der Waals surface area contributed by atoms with E-state index in [9.17, 15) is 13.2 Å². The zero-order valence-electron chi connectivity index (χ0n) is 19.1. The van der Waals surface area contributed by atoms with E-state index >= 15 is 0 Å². The number of rotatable bonds is 6. The smallest absolute Gasteiger partial charge is 0.246 e. The van der Waals surface area contributed by atoms with Crippen molar-refractivity contribution in [2.24, 2.45) is 0 Å². The molecule has 0 N–H and O–H groups in total. The third-order valence-electron chi connectivity index (χ3n) is 5.88. The summed E-state index contributed by atoms with van der Waals surface area (Å²) in [5, 5.41) is 0. The van der Waals surface area contributed by atoms with Crippen LogP contribution in [-0.4, -0.2) is 78.0 Å². The predicted molar refractivity (Wildman–Crippen MR) is 126 cm³/mol. The maximum atomic E-state index is 13.3. The average Bonchev–Trinajstić information content (AvgIpc) is 2.83. The Morgan fingerprint density at radius 3 is 2.24 bits per heavy atom. The number of ether oxygens (including phenoxy) is 3. The lowest BCUT2D eigenvalue weighted by molar-refractivity contribution is -0.132. The molecular weight excluding hydrogens is 446 g/mol. The van der Waals surface area contributed by atoms with Gasteiger partial charge in [-0.2, -0.15) is 0 Å². The normalized spacial score (nSPS) is 16.8. The van der Waals surface area contributed by atoms with Crippen molar-refractivity contribution in [1.29, 1.82) is 0 Å². The predicted octanol–water partition coefficient (Wildman–Crippen LogP) is 1.97. The minimum Gasteiger partial charge on any atom is -0.497 e. The average molecular weight is 476 g/mol. The zero-order chi connectivity index (χ0) is 23.6. The van der Waals surface area contributed by atoms with Crippen LogP contribution in [0, 0.1) is 0 Å². The second kappa shape index (κ2) is 9.38. The molecule has 33 heavy (non-hydrogen) atoms. The Labute approximate surface area is 194 Å². The molecule has 2 aliphatic rings. The third kappa shape index (κ3) is 4.95.